The van der Waals surface area contributed by atoms with Crippen molar-refractivity contribution in [1.82, 2.24) is 24.5 Å². The summed E-state index contributed by atoms with van der Waals surface area (Å²) in [4.78, 5) is 3.91. The first kappa shape index (κ1) is 23.4. The van der Waals surface area contributed by atoms with Gasteiger partial charge in [0.1, 0.15) is 29.9 Å². The van der Waals surface area contributed by atoms with Gasteiger partial charge in [0, 0.05) is 41.1 Å². The van der Waals surface area contributed by atoms with Crippen LogP contribution in [-0.4, -0.2) is 29.7 Å². The number of rotatable bonds is 8. The highest BCUT2D eigenvalue weighted by Gasteiger charge is 2.40. The van der Waals surface area contributed by atoms with Crippen LogP contribution in [0.4, 0.5) is 20.2 Å². The molecule has 184 valence electrons. The van der Waals surface area contributed by atoms with Crippen molar-refractivity contribution in [2.75, 3.05) is 11.1 Å². The van der Waals surface area contributed by atoms with Crippen molar-refractivity contribution in [3.63, 3.8) is 0 Å². The lowest BCUT2D eigenvalue weighted by molar-refractivity contribution is -0.0366. The molecule has 10 heteroatoms. The third-order valence-corrected chi connectivity index (χ3v) is 6.35. The summed E-state index contributed by atoms with van der Waals surface area (Å²) in [7, 11) is 0. The van der Waals surface area contributed by atoms with Crippen LogP contribution in [0.3, 0.4) is 0 Å². The highest BCUT2D eigenvalue weighted by molar-refractivity contribution is 5.82. The van der Waals surface area contributed by atoms with Crippen LogP contribution in [0.2, 0.25) is 0 Å². The van der Waals surface area contributed by atoms with Crippen molar-refractivity contribution in [2.45, 2.75) is 31.7 Å². The molecule has 0 amide bonds. The van der Waals surface area contributed by atoms with Crippen LogP contribution in [0.5, 0.6) is 0 Å². The van der Waals surface area contributed by atoms with E-state index in [-0.39, 0.29) is 12.1 Å². The second kappa shape index (κ2) is 9.38. The SMILES string of the molecule is C[C@@H](n1cc2cc(NCc3ccc(N)cc3)ccc2n1)[C@](O)(Cn1cncn1)c1ccc(F)cc1F. The van der Waals surface area contributed by atoms with Gasteiger partial charge in [-0.3, -0.25) is 4.68 Å². The van der Waals surface area contributed by atoms with Gasteiger partial charge in [-0.1, -0.05) is 18.2 Å². The average molecular weight is 490 g/mol. The van der Waals surface area contributed by atoms with Crippen LogP contribution in [0, 0.1) is 11.6 Å². The highest BCUT2D eigenvalue weighted by Crippen LogP contribution is 2.37. The topological polar surface area (TPSA) is 107 Å². The van der Waals surface area contributed by atoms with Crippen LogP contribution >= 0.6 is 0 Å². The molecule has 2 atom stereocenters. The Bertz CT molecular complexity index is 1480. The molecule has 36 heavy (non-hydrogen) atoms. The minimum Gasteiger partial charge on any atom is -0.399 e. The number of halogens is 2. The lowest BCUT2D eigenvalue weighted by Crippen LogP contribution is -2.40. The lowest BCUT2D eigenvalue weighted by Gasteiger charge is -2.34. The van der Waals surface area contributed by atoms with Crippen molar-refractivity contribution in [2.24, 2.45) is 0 Å². The summed E-state index contributed by atoms with van der Waals surface area (Å²) in [5.74, 6) is -1.58. The zero-order valence-electron chi connectivity index (χ0n) is 19.5. The number of nitrogen functional groups attached to an aromatic ring is 1. The van der Waals surface area contributed by atoms with Gasteiger partial charge >= 0.3 is 0 Å². The number of benzene rings is 3. The number of aliphatic hydroxyl groups is 1. The van der Waals surface area contributed by atoms with Crippen LogP contribution in [0.1, 0.15) is 24.1 Å². The van der Waals surface area contributed by atoms with E-state index in [4.69, 9.17) is 5.73 Å². The summed E-state index contributed by atoms with van der Waals surface area (Å²) in [6, 6.07) is 15.8. The molecular formula is C26H25F2N7O. The minimum atomic E-state index is -1.80. The zero-order valence-corrected chi connectivity index (χ0v) is 19.5. The second-order valence-corrected chi connectivity index (χ2v) is 8.80. The summed E-state index contributed by atoms with van der Waals surface area (Å²) in [5.41, 5.74) is 7.30. The van der Waals surface area contributed by atoms with E-state index in [1.54, 1.807) is 17.8 Å². The van der Waals surface area contributed by atoms with Crippen LogP contribution in [0.25, 0.3) is 10.9 Å². The monoisotopic (exact) mass is 489 g/mol. The fraction of sp³-hybridized carbons (Fsp3) is 0.192. The quantitative estimate of drug-likeness (QED) is 0.281. The average Bonchev–Trinajstić information content (AvgIpc) is 3.52. The van der Waals surface area contributed by atoms with Gasteiger partial charge in [0.05, 0.1) is 18.1 Å². The Hall–Kier alpha value is -4.31. The predicted octanol–water partition coefficient (Wildman–Crippen LogP) is 4.25. The van der Waals surface area contributed by atoms with E-state index in [1.807, 2.05) is 42.5 Å². The molecule has 0 unspecified atom stereocenters. The Labute approximate surface area is 206 Å². The molecule has 8 nitrogen and oxygen atoms in total. The third-order valence-electron chi connectivity index (χ3n) is 6.35. The Morgan fingerprint density at radius 1 is 1.08 bits per heavy atom. The van der Waals surface area contributed by atoms with Crippen molar-refractivity contribution in [3.05, 3.63) is 102 Å². The van der Waals surface area contributed by atoms with E-state index in [9.17, 15) is 13.9 Å². The molecule has 4 N–H and O–H groups in total. The summed E-state index contributed by atoms with van der Waals surface area (Å²) >= 11 is 0. The van der Waals surface area contributed by atoms with E-state index in [0.717, 1.165) is 28.8 Å². The van der Waals surface area contributed by atoms with Crippen molar-refractivity contribution >= 4 is 22.3 Å². The molecule has 3 aromatic carbocycles. The van der Waals surface area contributed by atoms with Crippen molar-refractivity contribution in [3.8, 4) is 0 Å². The number of nitrogens with one attached hydrogen (secondary N) is 1. The van der Waals surface area contributed by atoms with Gasteiger partial charge in [-0.25, -0.2) is 18.4 Å². The Morgan fingerprint density at radius 3 is 2.61 bits per heavy atom. The van der Waals surface area contributed by atoms with E-state index >= 15 is 0 Å². The van der Waals surface area contributed by atoms with E-state index in [0.29, 0.717) is 17.7 Å². The maximum absolute atomic E-state index is 14.9. The van der Waals surface area contributed by atoms with Crippen LogP contribution < -0.4 is 11.1 Å². The first-order valence-electron chi connectivity index (χ1n) is 11.4. The molecule has 0 radical (unpaired) electrons. The van der Waals surface area contributed by atoms with Gasteiger partial charge < -0.3 is 16.2 Å². The van der Waals surface area contributed by atoms with Crippen molar-refractivity contribution < 1.29 is 13.9 Å². The maximum Gasteiger partial charge on any atom is 0.137 e. The number of fused-ring (bicyclic) bond motifs is 1. The molecule has 0 aliphatic heterocycles. The summed E-state index contributed by atoms with van der Waals surface area (Å²) in [5, 5.41) is 24.7. The molecule has 0 saturated heterocycles. The van der Waals surface area contributed by atoms with E-state index in [2.05, 4.69) is 20.5 Å². The molecule has 0 bridgehead atoms. The third kappa shape index (κ3) is 4.63. The van der Waals surface area contributed by atoms with Gasteiger partial charge in [-0.05, 0) is 48.9 Å². The van der Waals surface area contributed by atoms with E-state index in [1.165, 1.54) is 23.4 Å². The summed E-state index contributed by atoms with van der Waals surface area (Å²) in [6.45, 7) is 2.24. The normalized spacial score (nSPS) is 14.0. The Kier molecular flexibility index (Phi) is 6.11. The van der Waals surface area contributed by atoms with Gasteiger partial charge in [-0.15, -0.1) is 0 Å². The van der Waals surface area contributed by atoms with Crippen molar-refractivity contribution in [1.29, 1.82) is 0 Å². The standard InChI is InChI=1S/C26H25F2N7O/c1-17(26(36,14-34-16-30-15-32-34)23-8-4-20(27)11-24(23)28)35-13-19-10-22(7-9-25(19)33-35)31-12-18-2-5-21(29)6-3-18/h2-11,13,15-17,31,36H,12,14,29H2,1H3/t17-,26-/m1/s1. The Balaban J connectivity index is 1.45. The first-order valence-corrected chi connectivity index (χ1v) is 11.4. The molecule has 5 rings (SSSR count). The van der Waals surface area contributed by atoms with Gasteiger partial charge in [0.2, 0.25) is 0 Å². The fourth-order valence-electron chi connectivity index (χ4n) is 4.26. The first-order chi connectivity index (χ1) is 17.3. The van der Waals surface area contributed by atoms with Gasteiger partial charge in [0.25, 0.3) is 0 Å². The Morgan fingerprint density at radius 2 is 1.89 bits per heavy atom. The maximum atomic E-state index is 14.9. The van der Waals surface area contributed by atoms with E-state index < -0.39 is 23.3 Å². The number of nitrogens with zero attached hydrogens (tertiary/aromatic N) is 5. The molecule has 2 heterocycles. The molecule has 0 fully saturated rings. The van der Waals surface area contributed by atoms with Crippen LogP contribution in [0.15, 0.2) is 79.5 Å². The highest BCUT2D eigenvalue weighted by atomic mass is 19.1. The number of hydrogen-bond acceptors (Lipinski definition) is 6. The number of aromatic nitrogens is 5. The largest absolute Gasteiger partial charge is 0.399 e. The smallest absolute Gasteiger partial charge is 0.137 e. The fourth-order valence-corrected chi connectivity index (χ4v) is 4.26. The number of anilines is 2. The lowest BCUT2D eigenvalue weighted by atomic mass is 9.86. The molecule has 0 spiro atoms. The molecule has 0 aliphatic rings. The molecule has 2 aromatic heterocycles. The van der Waals surface area contributed by atoms with Gasteiger partial charge in [0.15, 0.2) is 0 Å². The van der Waals surface area contributed by atoms with Crippen LogP contribution in [-0.2, 0) is 18.7 Å². The van der Waals surface area contributed by atoms with Gasteiger partial charge in [-0.2, -0.15) is 10.2 Å². The summed E-state index contributed by atoms with van der Waals surface area (Å²) < 4.78 is 31.5. The predicted molar refractivity (Wildman–Crippen MR) is 133 cm³/mol. The summed E-state index contributed by atoms with van der Waals surface area (Å²) in [6.07, 6.45) is 4.55. The molecule has 0 saturated carbocycles. The molecule has 5 aromatic rings. The molecular weight excluding hydrogens is 464 g/mol. The molecule has 0 aliphatic carbocycles. The number of hydrogen-bond donors (Lipinski definition) is 3. The number of nitrogens with two attached hydrogens (primary N) is 1. The second-order valence-electron chi connectivity index (χ2n) is 8.80. The zero-order chi connectivity index (χ0) is 25.3. The minimum absolute atomic E-state index is 0.0580.